The lowest BCUT2D eigenvalue weighted by atomic mass is 9.91. The van der Waals surface area contributed by atoms with Crippen molar-refractivity contribution in [1.82, 2.24) is 9.80 Å². The van der Waals surface area contributed by atoms with Crippen molar-refractivity contribution in [2.45, 2.75) is 53.4 Å². The molecule has 1 rings (SSSR count). The van der Waals surface area contributed by atoms with Crippen LogP contribution in [0, 0.1) is 5.41 Å². The molecule has 1 heterocycles. The van der Waals surface area contributed by atoms with Crippen molar-refractivity contribution >= 4 is 11.8 Å². The Balaban J connectivity index is 2.50. The van der Waals surface area contributed by atoms with E-state index >= 15 is 0 Å². The molecule has 0 unspecified atom stereocenters. The first-order valence-corrected chi connectivity index (χ1v) is 7.39. The third kappa shape index (κ3) is 5.62. The van der Waals surface area contributed by atoms with Gasteiger partial charge in [-0.1, -0.05) is 27.7 Å². The molecule has 0 spiro atoms. The van der Waals surface area contributed by atoms with E-state index in [9.17, 15) is 9.59 Å². The third-order valence-electron chi connectivity index (χ3n) is 3.35. The van der Waals surface area contributed by atoms with Gasteiger partial charge in [-0.3, -0.25) is 9.59 Å². The van der Waals surface area contributed by atoms with Crippen molar-refractivity contribution in [2.24, 2.45) is 5.41 Å². The van der Waals surface area contributed by atoms with E-state index in [1.54, 1.807) is 0 Å². The number of nitrogens with zero attached hydrogens (tertiary/aromatic N) is 2. The van der Waals surface area contributed by atoms with E-state index in [1.807, 2.05) is 16.7 Å². The molecular formula is C15H28N2O2. The van der Waals surface area contributed by atoms with Gasteiger partial charge in [-0.25, -0.2) is 0 Å². The molecule has 110 valence electrons. The summed E-state index contributed by atoms with van der Waals surface area (Å²) in [4.78, 5) is 27.9. The molecule has 4 heteroatoms. The Kier molecular flexibility index (Phi) is 5.83. The zero-order chi connectivity index (χ0) is 14.5. The molecular weight excluding hydrogens is 240 g/mol. The fourth-order valence-electron chi connectivity index (χ4n) is 2.35. The molecule has 0 aliphatic carbocycles. The molecule has 19 heavy (non-hydrogen) atoms. The van der Waals surface area contributed by atoms with Crippen LogP contribution in [0.5, 0.6) is 0 Å². The maximum absolute atomic E-state index is 12.2. The summed E-state index contributed by atoms with van der Waals surface area (Å²) in [6.45, 7) is 11.2. The number of amides is 2. The number of hydrogen-bond acceptors (Lipinski definition) is 2. The van der Waals surface area contributed by atoms with Crippen LogP contribution in [0.3, 0.4) is 0 Å². The van der Waals surface area contributed by atoms with Crippen molar-refractivity contribution < 1.29 is 9.59 Å². The lowest BCUT2D eigenvalue weighted by Crippen LogP contribution is -2.38. The van der Waals surface area contributed by atoms with E-state index in [0.717, 1.165) is 25.9 Å². The summed E-state index contributed by atoms with van der Waals surface area (Å²) in [5, 5.41) is 0. The Morgan fingerprint density at radius 3 is 1.95 bits per heavy atom. The van der Waals surface area contributed by atoms with Crippen molar-refractivity contribution in [2.75, 3.05) is 26.2 Å². The van der Waals surface area contributed by atoms with Gasteiger partial charge in [0.25, 0.3) is 0 Å². The number of hydrogen-bond donors (Lipinski definition) is 0. The topological polar surface area (TPSA) is 40.6 Å². The first-order valence-electron chi connectivity index (χ1n) is 7.39. The van der Waals surface area contributed by atoms with Gasteiger partial charge in [0, 0.05) is 39.0 Å². The van der Waals surface area contributed by atoms with E-state index in [0.29, 0.717) is 25.9 Å². The second-order valence-corrected chi connectivity index (χ2v) is 6.60. The van der Waals surface area contributed by atoms with Crippen LogP contribution in [-0.2, 0) is 9.59 Å². The first kappa shape index (κ1) is 16.0. The summed E-state index contributed by atoms with van der Waals surface area (Å²) >= 11 is 0. The van der Waals surface area contributed by atoms with Gasteiger partial charge >= 0.3 is 0 Å². The average Bonchev–Trinajstić information content (AvgIpc) is 2.52. The van der Waals surface area contributed by atoms with Crippen LogP contribution in [0.1, 0.15) is 53.4 Å². The Bertz CT molecular complexity index is 321. The predicted octanol–water partition coefficient (Wildman–Crippen LogP) is 2.28. The monoisotopic (exact) mass is 268 g/mol. The second kappa shape index (κ2) is 6.92. The number of carbonyl (C=O) groups excluding carboxylic acids is 2. The van der Waals surface area contributed by atoms with Gasteiger partial charge in [0.05, 0.1) is 0 Å². The first-order chi connectivity index (χ1) is 8.83. The Morgan fingerprint density at radius 1 is 0.947 bits per heavy atom. The lowest BCUT2D eigenvalue weighted by Gasteiger charge is -2.25. The molecule has 0 aromatic carbocycles. The summed E-state index contributed by atoms with van der Waals surface area (Å²) in [7, 11) is 0. The highest BCUT2D eigenvalue weighted by Crippen LogP contribution is 2.20. The minimum absolute atomic E-state index is 0.0289. The summed E-state index contributed by atoms with van der Waals surface area (Å²) in [6, 6.07) is 0. The van der Waals surface area contributed by atoms with Crippen LogP contribution in [0.25, 0.3) is 0 Å². The van der Waals surface area contributed by atoms with Crippen molar-refractivity contribution in [1.29, 1.82) is 0 Å². The highest BCUT2D eigenvalue weighted by molar-refractivity contribution is 5.78. The maximum Gasteiger partial charge on any atom is 0.223 e. The standard InChI is InChI=1S/C15H28N2O2/c1-5-7-13(18)16-8-6-9-17(11-10-16)14(19)12-15(2,3)4/h5-12H2,1-4H3. The van der Waals surface area contributed by atoms with E-state index in [1.165, 1.54) is 0 Å². The molecule has 0 bridgehead atoms. The van der Waals surface area contributed by atoms with Gasteiger partial charge in [-0.05, 0) is 18.3 Å². The van der Waals surface area contributed by atoms with Gasteiger partial charge in [0.2, 0.25) is 11.8 Å². The summed E-state index contributed by atoms with van der Waals surface area (Å²) in [5.41, 5.74) is 0.0289. The quantitative estimate of drug-likeness (QED) is 0.788. The SMILES string of the molecule is CCCC(=O)N1CCCN(C(=O)CC(C)(C)C)CC1. The highest BCUT2D eigenvalue weighted by atomic mass is 16.2. The molecule has 1 saturated heterocycles. The van der Waals surface area contributed by atoms with Crippen LogP contribution < -0.4 is 0 Å². The van der Waals surface area contributed by atoms with Gasteiger partial charge in [-0.15, -0.1) is 0 Å². The highest BCUT2D eigenvalue weighted by Gasteiger charge is 2.24. The molecule has 0 aromatic heterocycles. The zero-order valence-electron chi connectivity index (χ0n) is 12.9. The van der Waals surface area contributed by atoms with Crippen molar-refractivity contribution in [3.63, 3.8) is 0 Å². The minimum atomic E-state index is 0.0289. The average molecular weight is 268 g/mol. The second-order valence-electron chi connectivity index (χ2n) is 6.60. The van der Waals surface area contributed by atoms with E-state index in [4.69, 9.17) is 0 Å². The molecule has 0 aromatic rings. The Hall–Kier alpha value is -1.06. The zero-order valence-corrected chi connectivity index (χ0v) is 12.9. The lowest BCUT2D eigenvalue weighted by molar-refractivity contribution is -0.134. The van der Waals surface area contributed by atoms with Crippen LogP contribution >= 0.6 is 0 Å². The van der Waals surface area contributed by atoms with Gasteiger partial charge < -0.3 is 9.80 Å². The summed E-state index contributed by atoms with van der Waals surface area (Å²) < 4.78 is 0. The molecule has 4 nitrogen and oxygen atoms in total. The molecule has 0 N–H and O–H groups in total. The number of rotatable bonds is 3. The summed E-state index contributed by atoms with van der Waals surface area (Å²) in [6.07, 6.45) is 2.99. The van der Waals surface area contributed by atoms with E-state index in [-0.39, 0.29) is 17.2 Å². The largest absolute Gasteiger partial charge is 0.341 e. The minimum Gasteiger partial charge on any atom is -0.341 e. The molecule has 2 amide bonds. The van der Waals surface area contributed by atoms with Gasteiger partial charge in [0.15, 0.2) is 0 Å². The third-order valence-corrected chi connectivity index (χ3v) is 3.35. The molecule has 1 aliphatic rings. The molecule has 0 atom stereocenters. The maximum atomic E-state index is 12.2. The van der Waals surface area contributed by atoms with Crippen LogP contribution in [-0.4, -0.2) is 47.8 Å². The Labute approximate surface area is 117 Å². The van der Waals surface area contributed by atoms with Gasteiger partial charge in [-0.2, -0.15) is 0 Å². The fraction of sp³-hybridized carbons (Fsp3) is 0.867. The number of carbonyl (C=O) groups is 2. The van der Waals surface area contributed by atoms with Crippen molar-refractivity contribution in [3.8, 4) is 0 Å². The van der Waals surface area contributed by atoms with Crippen LogP contribution in [0.2, 0.25) is 0 Å². The fourth-order valence-corrected chi connectivity index (χ4v) is 2.35. The van der Waals surface area contributed by atoms with E-state index in [2.05, 4.69) is 20.8 Å². The van der Waals surface area contributed by atoms with Gasteiger partial charge in [0.1, 0.15) is 0 Å². The van der Waals surface area contributed by atoms with Crippen LogP contribution in [0.15, 0.2) is 0 Å². The molecule has 1 fully saturated rings. The van der Waals surface area contributed by atoms with Crippen molar-refractivity contribution in [3.05, 3.63) is 0 Å². The predicted molar refractivity (Wildman–Crippen MR) is 76.8 cm³/mol. The molecule has 0 radical (unpaired) electrons. The van der Waals surface area contributed by atoms with E-state index < -0.39 is 0 Å². The van der Waals surface area contributed by atoms with Crippen LogP contribution in [0.4, 0.5) is 0 Å². The Morgan fingerprint density at radius 2 is 1.47 bits per heavy atom. The molecule has 1 aliphatic heterocycles. The smallest absolute Gasteiger partial charge is 0.223 e. The molecule has 0 saturated carbocycles. The summed E-state index contributed by atoms with van der Waals surface area (Å²) in [5.74, 6) is 0.449. The normalized spacial score (nSPS) is 17.3.